The topological polar surface area (TPSA) is 82.8 Å². The van der Waals surface area contributed by atoms with E-state index >= 15 is 0 Å². The fourth-order valence-corrected chi connectivity index (χ4v) is 2.37. The Morgan fingerprint density at radius 2 is 2.20 bits per heavy atom. The highest BCUT2D eigenvalue weighted by molar-refractivity contribution is 5.79. The molecule has 1 aromatic rings. The van der Waals surface area contributed by atoms with Crippen molar-refractivity contribution in [2.75, 3.05) is 19.6 Å². The van der Waals surface area contributed by atoms with Gasteiger partial charge in [0.15, 0.2) is 0 Å². The van der Waals surface area contributed by atoms with Crippen LogP contribution in [0.2, 0.25) is 0 Å². The molecular weight excluding hydrogens is 260 g/mol. The van der Waals surface area contributed by atoms with Crippen LogP contribution in [0.5, 0.6) is 0 Å². The SMILES string of the molecule is CC(NCC(=O)N1CCC(C(=O)O)CC1)c1ccco1. The standard InChI is InChI=1S/C14H20N2O4/c1-10(12-3-2-8-20-12)15-9-13(17)16-6-4-11(5-7-16)14(18)19/h2-3,8,10-11,15H,4-7,9H2,1H3,(H,18,19). The summed E-state index contributed by atoms with van der Waals surface area (Å²) in [5, 5.41) is 12.0. The van der Waals surface area contributed by atoms with Gasteiger partial charge in [-0.25, -0.2) is 0 Å². The molecule has 1 amide bonds. The molecule has 1 unspecified atom stereocenters. The van der Waals surface area contributed by atoms with Crippen molar-refractivity contribution in [3.05, 3.63) is 24.2 Å². The van der Waals surface area contributed by atoms with Gasteiger partial charge in [0.05, 0.1) is 24.8 Å². The second-order valence-corrected chi connectivity index (χ2v) is 5.11. The van der Waals surface area contributed by atoms with Crippen LogP contribution in [-0.2, 0) is 9.59 Å². The van der Waals surface area contributed by atoms with Gasteiger partial charge in [-0.1, -0.05) is 0 Å². The van der Waals surface area contributed by atoms with Gasteiger partial charge in [0, 0.05) is 13.1 Å². The maximum atomic E-state index is 12.0. The lowest BCUT2D eigenvalue weighted by Gasteiger charge is -2.30. The number of amides is 1. The highest BCUT2D eigenvalue weighted by Crippen LogP contribution is 2.17. The van der Waals surface area contributed by atoms with Crippen molar-refractivity contribution in [1.82, 2.24) is 10.2 Å². The molecule has 1 atom stereocenters. The first-order valence-electron chi connectivity index (χ1n) is 6.85. The number of aliphatic carboxylic acids is 1. The van der Waals surface area contributed by atoms with Gasteiger partial charge in [-0.2, -0.15) is 0 Å². The number of likely N-dealkylation sites (tertiary alicyclic amines) is 1. The Morgan fingerprint density at radius 1 is 1.50 bits per heavy atom. The third-order valence-corrected chi connectivity index (χ3v) is 3.73. The van der Waals surface area contributed by atoms with Crippen molar-refractivity contribution in [1.29, 1.82) is 0 Å². The van der Waals surface area contributed by atoms with Crippen LogP contribution < -0.4 is 5.32 Å². The Bertz CT molecular complexity index is 450. The lowest BCUT2D eigenvalue weighted by molar-refractivity contribution is -0.145. The van der Waals surface area contributed by atoms with E-state index in [2.05, 4.69) is 5.32 Å². The molecule has 0 saturated carbocycles. The van der Waals surface area contributed by atoms with Crippen LogP contribution in [0.1, 0.15) is 31.6 Å². The average Bonchev–Trinajstić information content (AvgIpc) is 2.98. The van der Waals surface area contributed by atoms with E-state index in [0.717, 1.165) is 5.76 Å². The minimum Gasteiger partial charge on any atom is -0.481 e. The number of carboxylic acid groups (broad SMARTS) is 1. The molecule has 6 nitrogen and oxygen atoms in total. The normalized spacial score (nSPS) is 17.9. The summed E-state index contributed by atoms with van der Waals surface area (Å²) < 4.78 is 5.26. The highest BCUT2D eigenvalue weighted by Gasteiger charge is 2.26. The number of hydrogen-bond donors (Lipinski definition) is 2. The Kier molecular flexibility index (Phi) is 4.79. The van der Waals surface area contributed by atoms with Gasteiger partial charge in [-0.05, 0) is 31.9 Å². The van der Waals surface area contributed by atoms with Crippen molar-refractivity contribution < 1.29 is 19.1 Å². The molecular formula is C14H20N2O4. The van der Waals surface area contributed by atoms with Crippen LogP contribution in [0.4, 0.5) is 0 Å². The number of nitrogens with one attached hydrogen (secondary N) is 1. The number of rotatable bonds is 5. The number of carbonyl (C=O) groups is 2. The summed E-state index contributed by atoms with van der Waals surface area (Å²) in [6, 6.07) is 3.65. The molecule has 0 bridgehead atoms. The molecule has 110 valence electrons. The van der Waals surface area contributed by atoms with Gasteiger partial charge in [-0.3, -0.25) is 14.9 Å². The third kappa shape index (κ3) is 3.60. The Labute approximate surface area is 117 Å². The van der Waals surface area contributed by atoms with E-state index in [1.165, 1.54) is 0 Å². The minimum atomic E-state index is -0.762. The predicted molar refractivity (Wildman–Crippen MR) is 72.1 cm³/mol. The van der Waals surface area contributed by atoms with E-state index in [-0.39, 0.29) is 24.4 Å². The maximum absolute atomic E-state index is 12.0. The van der Waals surface area contributed by atoms with Crippen LogP contribution in [0.3, 0.4) is 0 Å². The van der Waals surface area contributed by atoms with Crippen molar-refractivity contribution in [3.8, 4) is 0 Å². The minimum absolute atomic E-state index is 0.00671. The second-order valence-electron chi connectivity index (χ2n) is 5.11. The van der Waals surface area contributed by atoms with Crippen molar-refractivity contribution in [3.63, 3.8) is 0 Å². The zero-order valence-electron chi connectivity index (χ0n) is 11.5. The summed E-state index contributed by atoms with van der Waals surface area (Å²) >= 11 is 0. The lowest BCUT2D eigenvalue weighted by atomic mass is 9.97. The Morgan fingerprint density at radius 3 is 2.75 bits per heavy atom. The Hall–Kier alpha value is -1.82. The smallest absolute Gasteiger partial charge is 0.306 e. The molecule has 20 heavy (non-hydrogen) atoms. The molecule has 2 heterocycles. The van der Waals surface area contributed by atoms with Gasteiger partial charge in [-0.15, -0.1) is 0 Å². The molecule has 1 fully saturated rings. The van der Waals surface area contributed by atoms with Crippen molar-refractivity contribution in [2.24, 2.45) is 5.92 Å². The van der Waals surface area contributed by atoms with Gasteiger partial charge in [0.25, 0.3) is 0 Å². The number of furan rings is 1. The third-order valence-electron chi connectivity index (χ3n) is 3.73. The lowest BCUT2D eigenvalue weighted by Crippen LogP contribution is -2.44. The second kappa shape index (κ2) is 6.56. The maximum Gasteiger partial charge on any atom is 0.306 e. The molecule has 1 saturated heterocycles. The zero-order chi connectivity index (χ0) is 14.5. The first-order valence-corrected chi connectivity index (χ1v) is 6.85. The quantitative estimate of drug-likeness (QED) is 0.848. The number of carboxylic acids is 1. The zero-order valence-corrected chi connectivity index (χ0v) is 11.5. The molecule has 0 spiro atoms. The van der Waals surface area contributed by atoms with Crippen LogP contribution >= 0.6 is 0 Å². The number of hydrogen-bond acceptors (Lipinski definition) is 4. The van der Waals surface area contributed by atoms with Crippen molar-refractivity contribution in [2.45, 2.75) is 25.8 Å². The monoisotopic (exact) mass is 280 g/mol. The van der Waals surface area contributed by atoms with Crippen molar-refractivity contribution >= 4 is 11.9 Å². The van der Waals surface area contributed by atoms with E-state index < -0.39 is 5.97 Å². The Balaban J connectivity index is 1.74. The van der Waals surface area contributed by atoms with E-state index in [9.17, 15) is 9.59 Å². The summed E-state index contributed by atoms with van der Waals surface area (Å²) in [6.07, 6.45) is 2.68. The predicted octanol–water partition coefficient (Wildman–Crippen LogP) is 1.25. The average molecular weight is 280 g/mol. The van der Waals surface area contributed by atoms with Gasteiger partial charge >= 0.3 is 5.97 Å². The summed E-state index contributed by atoms with van der Waals surface area (Å²) in [4.78, 5) is 24.6. The van der Waals surface area contributed by atoms with Crippen LogP contribution in [-0.4, -0.2) is 41.5 Å². The highest BCUT2D eigenvalue weighted by atomic mass is 16.4. The summed E-state index contributed by atoms with van der Waals surface area (Å²) in [5.41, 5.74) is 0. The van der Waals surface area contributed by atoms with Crippen LogP contribution in [0.25, 0.3) is 0 Å². The number of carbonyl (C=O) groups excluding carboxylic acids is 1. The first kappa shape index (κ1) is 14.6. The molecule has 1 aromatic heterocycles. The van der Waals surface area contributed by atoms with Crippen LogP contribution in [0, 0.1) is 5.92 Å². The first-order chi connectivity index (χ1) is 9.58. The molecule has 0 aliphatic carbocycles. The summed E-state index contributed by atoms with van der Waals surface area (Å²) in [7, 11) is 0. The molecule has 6 heteroatoms. The number of nitrogens with zero attached hydrogens (tertiary/aromatic N) is 1. The molecule has 0 radical (unpaired) electrons. The van der Waals surface area contributed by atoms with Crippen LogP contribution in [0.15, 0.2) is 22.8 Å². The van der Waals surface area contributed by atoms with Gasteiger partial charge < -0.3 is 14.4 Å². The summed E-state index contributed by atoms with van der Waals surface area (Å²) in [6.45, 7) is 3.21. The molecule has 1 aliphatic heterocycles. The molecule has 1 aliphatic rings. The summed E-state index contributed by atoms with van der Waals surface area (Å²) in [5.74, 6) is -0.273. The fraction of sp³-hybridized carbons (Fsp3) is 0.571. The van der Waals surface area contributed by atoms with E-state index in [1.807, 2.05) is 19.1 Å². The van der Waals surface area contributed by atoms with E-state index in [4.69, 9.17) is 9.52 Å². The molecule has 2 N–H and O–H groups in total. The molecule has 2 rings (SSSR count). The number of piperidine rings is 1. The van der Waals surface area contributed by atoms with Gasteiger partial charge in [0.2, 0.25) is 5.91 Å². The van der Waals surface area contributed by atoms with E-state index in [1.54, 1.807) is 11.2 Å². The largest absolute Gasteiger partial charge is 0.481 e. The molecule has 0 aromatic carbocycles. The van der Waals surface area contributed by atoms with Gasteiger partial charge in [0.1, 0.15) is 5.76 Å². The fourth-order valence-electron chi connectivity index (χ4n) is 2.37. The van der Waals surface area contributed by atoms with E-state index in [0.29, 0.717) is 25.9 Å².